The lowest BCUT2D eigenvalue weighted by atomic mass is 9.90. The molecule has 2 aliphatic rings. The quantitative estimate of drug-likeness (QED) is 0.0136. The first-order chi connectivity index (χ1) is 44.8. The molecule has 0 bridgehead atoms. The second-order valence-electron chi connectivity index (χ2n) is 27.0. The van der Waals surface area contributed by atoms with Crippen molar-refractivity contribution >= 4 is 29.6 Å². The van der Waals surface area contributed by atoms with Crippen molar-refractivity contribution < 1.29 is 4.57 Å². The minimum absolute atomic E-state index is 0.428. The lowest BCUT2D eigenvalue weighted by Gasteiger charge is -2.32. The van der Waals surface area contributed by atoms with Crippen molar-refractivity contribution in [1.29, 1.82) is 0 Å². The topological polar surface area (TPSA) is 76.0 Å². The van der Waals surface area contributed by atoms with Gasteiger partial charge in [0.1, 0.15) is 11.5 Å². The maximum atomic E-state index is 5.16. The third-order valence-corrected chi connectivity index (χ3v) is 19.7. The van der Waals surface area contributed by atoms with E-state index < -0.39 is 0 Å². The number of unbranched alkanes of at least 4 members (excludes halogenated alkanes) is 22. The number of likely N-dealkylation sites (tertiary alicyclic amines) is 1. The molecule has 6 rings (SSSR count). The number of aryl methyl sites for hydroxylation is 3. The number of imidazole rings is 2. The Labute approximate surface area is 567 Å². The van der Waals surface area contributed by atoms with Gasteiger partial charge in [0.05, 0.1) is 31.1 Å². The molecule has 514 valence electrons. The zero-order valence-electron chi connectivity index (χ0n) is 62.1. The molecular weight excluding hydrogens is 1120 g/mol. The molecule has 2 aromatic heterocycles. The van der Waals surface area contributed by atoms with Gasteiger partial charge in [0, 0.05) is 36.7 Å². The number of aromatic amines is 2. The van der Waals surface area contributed by atoms with Crippen LogP contribution in [-0.2, 0) is 19.3 Å². The van der Waals surface area contributed by atoms with Crippen LogP contribution in [0, 0.1) is 17.3 Å². The molecule has 1 saturated carbocycles. The van der Waals surface area contributed by atoms with Crippen LogP contribution in [0.1, 0.15) is 321 Å². The van der Waals surface area contributed by atoms with E-state index in [0.29, 0.717) is 17.3 Å². The molecular formula is C85H140N7+. The minimum atomic E-state index is 0.428. The van der Waals surface area contributed by atoms with Gasteiger partial charge in [-0.1, -0.05) is 283 Å². The average Bonchev–Trinajstić information content (AvgIpc) is 1.56. The lowest BCUT2D eigenvalue weighted by Crippen LogP contribution is -2.50. The number of rotatable bonds is 43. The van der Waals surface area contributed by atoms with Crippen LogP contribution >= 0.6 is 0 Å². The number of nitrogens with one attached hydrogen (secondary N) is 3. The van der Waals surface area contributed by atoms with Crippen LogP contribution in [0.15, 0.2) is 97.5 Å². The fourth-order valence-corrected chi connectivity index (χ4v) is 13.5. The van der Waals surface area contributed by atoms with E-state index in [0.717, 1.165) is 48.3 Å². The molecule has 4 aromatic rings. The number of allylic oxidation sites excluding steroid dienone is 5. The summed E-state index contributed by atoms with van der Waals surface area (Å²) in [5, 5.41) is 3.15. The molecule has 1 aliphatic carbocycles. The fourth-order valence-electron chi connectivity index (χ4n) is 13.5. The van der Waals surface area contributed by atoms with Gasteiger partial charge in [-0.05, 0) is 162 Å². The van der Waals surface area contributed by atoms with Crippen LogP contribution in [-0.4, -0.2) is 59.4 Å². The number of aliphatic imine (C=N–C) groups is 1. The van der Waals surface area contributed by atoms with Crippen molar-refractivity contribution in [3.8, 4) is 22.5 Å². The van der Waals surface area contributed by atoms with Gasteiger partial charge in [-0.15, -0.1) is 0 Å². The zero-order valence-corrected chi connectivity index (χ0v) is 62.1. The molecule has 1 aliphatic heterocycles. The summed E-state index contributed by atoms with van der Waals surface area (Å²) in [4.78, 5) is 19.8. The molecule has 3 heterocycles. The number of aromatic nitrogens is 4. The standard InChI is InChI=1S/C44H70N4.C24H32N2.C15H31N.C2H6/c1-8-12-14-16-18-20-22-25-42-46-34-41(39-32-37(24-10-3)38(35(5)6)31-36(39)11-4)48(42)43(45-7)40-33-44(40)26-29-47(30-27-44)28-23-21-19-17-15-13-9-2;1-5-12-21-17-22(16-15-20(21)7-3)23-18-25-24(26-23)14-11-9-8-10-13-19(4)6-2;1-5-6-7-8-9-10-11-12-13-14(2)15(3)16-4;1-2/h10,24,31-32,34,40H,5,8-9,11-23,25-30,33H2,1-4,6-7H3;5,7,12,15-18H,3-4,6,8-11,13-14H2,1-2H3,(H,25,26);14,16H,3,5-13H2,1-2,4H3;1-2H3/p+1/b24-10-,45-43?;12-5-;;. The van der Waals surface area contributed by atoms with Gasteiger partial charge in [0.25, 0.3) is 0 Å². The number of hydrogen-bond donors (Lipinski definition) is 3. The van der Waals surface area contributed by atoms with Crippen molar-refractivity contribution in [2.24, 2.45) is 22.2 Å². The molecule has 2 aromatic carbocycles. The molecule has 7 nitrogen and oxygen atoms in total. The third-order valence-electron chi connectivity index (χ3n) is 19.7. The summed E-state index contributed by atoms with van der Waals surface area (Å²) >= 11 is 0. The monoisotopic (exact) mass is 1260 g/mol. The summed E-state index contributed by atoms with van der Waals surface area (Å²) in [6.45, 7) is 44.0. The fraction of sp³-hybridized carbons (Fsp3) is 0.635. The summed E-state index contributed by atoms with van der Waals surface area (Å²) in [6, 6.07) is 11.2. The first-order valence-corrected chi connectivity index (χ1v) is 38.1. The second kappa shape index (κ2) is 48.4. The summed E-state index contributed by atoms with van der Waals surface area (Å²) in [6.07, 6.45) is 60.6. The number of benzene rings is 2. The summed E-state index contributed by atoms with van der Waals surface area (Å²) in [5.74, 6) is 4.88. The highest BCUT2D eigenvalue weighted by Crippen LogP contribution is 2.60. The molecule has 2 unspecified atom stereocenters. The van der Waals surface area contributed by atoms with Crippen molar-refractivity contribution in [1.82, 2.24) is 25.2 Å². The van der Waals surface area contributed by atoms with E-state index >= 15 is 0 Å². The molecule has 2 atom stereocenters. The normalized spacial score (nSPS) is 14.8. The van der Waals surface area contributed by atoms with Crippen molar-refractivity contribution in [2.45, 2.75) is 301 Å². The molecule has 7 heteroatoms. The van der Waals surface area contributed by atoms with Gasteiger partial charge >= 0.3 is 0 Å². The minimum Gasteiger partial charge on any atom is -0.392 e. The third kappa shape index (κ3) is 28.8. The molecule has 3 N–H and O–H groups in total. The van der Waals surface area contributed by atoms with Crippen LogP contribution < -0.4 is 9.88 Å². The molecule has 1 spiro atoms. The van der Waals surface area contributed by atoms with E-state index in [4.69, 9.17) is 4.99 Å². The van der Waals surface area contributed by atoms with Crippen LogP contribution in [0.5, 0.6) is 0 Å². The SMILES string of the molecule is C=C(C)c1cc(CC)c(-c2c[nH]c(CCCCCCCCC)[n+]2C(=NC)C2CC23CCN(CCCCCCCCC)CC3)cc1/C=C\C.C=C(NC)C(C)CCCCCCCCCC.C=Cc1ccc(-c2cnc(CCCCCCC(=C)CC)[nH]2)cc1/C=C\C.CC. The van der Waals surface area contributed by atoms with E-state index in [1.165, 1.54) is 281 Å². The molecule has 0 amide bonds. The van der Waals surface area contributed by atoms with Gasteiger partial charge in [-0.3, -0.25) is 4.98 Å². The Bertz CT molecular complexity index is 2750. The van der Waals surface area contributed by atoms with E-state index in [9.17, 15) is 0 Å². The second-order valence-corrected chi connectivity index (χ2v) is 27.0. The Morgan fingerprint density at radius 3 is 1.85 bits per heavy atom. The van der Waals surface area contributed by atoms with Crippen LogP contribution in [0.4, 0.5) is 0 Å². The van der Waals surface area contributed by atoms with Gasteiger partial charge in [-0.2, -0.15) is 9.56 Å². The van der Waals surface area contributed by atoms with Crippen LogP contribution in [0.25, 0.3) is 46.3 Å². The maximum Gasteiger partial charge on any atom is 0.240 e. The van der Waals surface area contributed by atoms with E-state index in [1.54, 1.807) is 0 Å². The predicted octanol–water partition coefficient (Wildman–Crippen LogP) is 24.7. The summed E-state index contributed by atoms with van der Waals surface area (Å²) < 4.78 is 2.58. The average molecular weight is 1260 g/mol. The Balaban J connectivity index is 0.000000418. The highest BCUT2D eigenvalue weighted by Gasteiger charge is 2.60. The Morgan fingerprint density at radius 2 is 1.29 bits per heavy atom. The van der Waals surface area contributed by atoms with E-state index in [-0.39, 0.29) is 0 Å². The lowest BCUT2D eigenvalue weighted by molar-refractivity contribution is -0.555. The van der Waals surface area contributed by atoms with E-state index in [1.807, 2.05) is 40.1 Å². The van der Waals surface area contributed by atoms with Gasteiger partial charge in [-0.25, -0.2) is 4.98 Å². The first-order valence-electron chi connectivity index (χ1n) is 38.1. The van der Waals surface area contributed by atoms with Gasteiger partial charge in [0.2, 0.25) is 11.7 Å². The Morgan fingerprint density at radius 1 is 0.728 bits per heavy atom. The molecule has 1 saturated heterocycles. The number of nitrogens with zero attached hydrogens (tertiary/aromatic N) is 4. The van der Waals surface area contributed by atoms with Crippen molar-refractivity contribution in [3.05, 3.63) is 132 Å². The maximum absolute atomic E-state index is 5.16. The van der Waals surface area contributed by atoms with Crippen molar-refractivity contribution in [2.75, 3.05) is 33.7 Å². The van der Waals surface area contributed by atoms with Crippen LogP contribution in [0.3, 0.4) is 0 Å². The van der Waals surface area contributed by atoms with Gasteiger partial charge < -0.3 is 15.2 Å². The largest absolute Gasteiger partial charge is 0.392 e. The van der Waals surface area contributed by atoms with Gasteiger partial charge in [0.15, 0.2) is 0 Å². The first kappa shape index (κ1) is 81.0. The highest BCUT2D eigenvalue weighted by molar-refractivity contribution is 5.84. The molecule has 92 heavy (non-hydrogen) atoms. The number of piperidine rings is 1. The Hall–Kier alpha value is -5.27. The smallest absolute Gasteiger partial charge is 0.240 e. The predicted molar refractivity (Wildman–Crippen MR) is 411 cm³/mol. The summed E-state index contributed by atoms with van der Waals surface area (Å²) in [5.41, 5.74) is 15.2. The molecule has 0 radical (unpaired) electrons. The summed E-state index contributed by atoms with van der Waals surface area (Å²) in [7, 11) is 4.01. The number of hydrogen-bond acceptors (Lipinski definition) is 4. The zero-order chi connectivity index (χ0) is 67.4. The Kier molecular flexibility index (Phi) is 42.6. The van der Waals surface area contributed by atoms with Crippen LogP contribution in [0.2, 0.25) is 0 Å². The highest BCUT2D eigenvalue weighted by atomic mass is 15.2. The number of H-pyrrole nitrogens is 2. The van der Waals surface area contributed by atoms with E-state index in [2.05, 4.69) is 179 Å². The molecule has 2 fully saturated rings. The van der Waals surface area contributed by atoms with Crippen molar-refractivity contribution in [3.63, 3.8) is 0 Å².